The summed E-state index contributed by atoms with van der Waals surface area (Å²) >= 11 is 0. The van der Waals surface area contributed by atoms with Gasteiger partial charge < -0.3 is 32.8 Å². The zero-order valence-electron chi connectivity index (χ0n) is 21.6. The fourth-order valence-electron chi connectivity index (χ4n) is 3.08. The fraction of sp³-hybridized carbons (Fsp3) is 0.700. The molecule has 0 aliphatic heterocycles. The molecule has 0 saturated carbocycles. The number of carboxylic acids is 2. The lowest BCUT2D eigenvalue weighted by molar-refractivity contribution is -0.132. The summed E-state index contributed by atoms with van der Waals surface area (Å²) in [5, 5.41) is 33.3. The Bertz CT molecular complexity index is 544. The Kier molecular flexibility index (Phi) is 19.5. The van der Waals surface area contributed by atoms with E-state index < -0.39 is 45.7 Å². The maximum Gasteiger partial charge on any atom is 0.327 e. The van der Waals surface area contributed by atoms with Gasteiger partial charge in [-0.3, -0.25) is 0 Å². The number of hydrogen-bond donors (Lipinski definition) is 4. The van der Waals surface area contributed by atoms with E-state index >= 15 is 0 Å². The lowest BCUT2D eigenvalue weighted by Crippen LogP contribution is -2.56. The van der Waals surface area contributed by atoms with Gasteiger partial charge in [0.1, 0.15) is 0 Å². The Hall–Kier alpha value is -0.912. The van der Waals surface area contributed by atoms with E-state index in [4.69, 9.17) is 32.8 Å². The summed E-state index contributed by atoms with van der Waals surface area (Å²) in [4.78, 5) is 18.5. The molecule has 4 N–H and O–H groups in total. The highest BCUT2D eigenvalue weighted by atomic mass is 28.5. The molecule has 0 saturated heterocycles. The van der Waals surface area contributed by atoms with Gasteiger partial charge in [-0.2, -0.15) is 0 Å². The lowest BCUT2D eigenvalue weighted by atomic mass is 10.5. The van der Waals surface area contributed by atoms with Crippen molar-refractivity contribution in [3.05, 3.63) is 25.3 Å². The highest BCUT2D eigenvalue weighted by Gasteiger charge is 2.43. The summed E-state index contributed by atoms with van der Waals surface area (Å²) in [5.41, 5.74) is 0. The third kappa shape index (κ3) is 27.2. The standard InChI is InChI=1S/C14H38O5Si4.2C3H4O2/c1-20(2,13-9-11-15)17-22(5,6)19-23(7,8)18-21(3,4)14-10-12-16;2*1-2-3(4)5/h15-16H,9-14H2,1-8H3;2*2H,1H2,(H,4,5). The van der Waals surface area contributed by atoms with Crippen molar-refractivity contribution in [3.63, 3.8) is 0 Å². The van der Waals surface area contributed by atoms with E-state index in [0.29, 0.717) is 0 Å². The second-order valence-corrected chi connectivity index (χ2v) is 25.5. The number of hydrogen-bond acceptors (Lipinski definition) is 7. The second-order valence-electron chi connectivity index (χ2n) is 9.36. The van der Waals surface area contributed by atoms with E-state index in [-0.39, 0.29) is 13.2 Å². The van der Waals surface area contributed by atoms with Crippen LogP contribution in [0.4, 0.5) is 0 Å². The molecule has 0 bridgehead atoms. The smallest absolute Gasteiger partial charge is 0.327 e. The van der Waals surface area contributed by atoms with Crippen LogP contribution >= 0.6 is 0 Å². The van der Waals surface area contributed by atoms with Gasteiger partial charge in [-0.15, -0.1) is 0 Å². The molecule has 0 rings (SSSR count). The zero-order chi connectivity index (χ0) is 26.9. The van der Waals surface area contributed by atoms with Gasteiger partial charge in [-0.1, -0.05) is 13.2 Å². The minimum absolute atomic E-state index is 0.219. The molecule has 0 amide bonds. The van der Waals surface area contributed by atoms with E-state index in [9.17, 15) is 9.59 Å². The van der Waals surface area contributed by atoms with Gasteiger partial charge >= 0.3 is 29.1 Å². The summed E-state index contributed by atoms with van der Waals surface area (Å²) < 4.78 is 19.3. The SMILES string of the molecule is C=CC(=O)O.C=CC(=O)O.C[Si](C)(CCCO)O[Si](C)(C)O[Si](C)(C)O[Si](C)(C)CCCO. The monoisotopic (exact) mass is 542 g/mol. The van der Waals surface area contributed by atoms with E-state index in [2.05, 4.69) is 65.5 Å². The molecule has 0 heterocycles. The van der Waals surface area contributed by atoms with E-state index in [1.165, 1.54) is 0 Å². The number of carboxylic acid groups (broad SMARTS) is 2. The number of aliphatic carboxylic acids is 2. The van der Waals surface area contributed by atoms with Crippen molar-refractivity contribution in [1.29, 1.82) is 0 Å². The predicted molar refractivity (Wildman–Crippen MR) is 142 cm³/mol. The molecule has 0 radical (unpaired) electrons. The van der Waals surface area contributed by atoms with Crippen LogP contribution in [0.2, 0.25) is 64.5 Å². The Balaban J connectivity index is -0.000000746. The first-order chi connectivity index (χ1) is 14.8. The molecule has 0 aliphatic carbocycles. The second kappa shape index (κ2) is 17.5. The van der Waals surface area contributed by atoms with Gasteiger partial charge in [0.05, 0.1) is 0 Å². The summed E-state index contributed by atoms with van der Waals surface area (Å²) in [6.45, 7) is 23.5. The Morgan fingerprint density at radius 1 is 0.667 bits per heavy atom. The van der Waals surface area contributed by atoms with E-state index in [0.717, 1.165) is 37.1 Å². The van der Waals surface area contributed by atoms with Crippen molar-refractivity contribution >= 4 is 45.7 Å². The molecule has 196 valence electrons. The Morgan fingerprint density at radius 2 is 0.909 bits per heavy atom. The topological polar surface area (TPSA) is 143 Å². The Morgan fingerprint density at radius 3 is 1.09 bits per heavy atom. The largest absolute Gasteiger partial charge is 0.478 e. The van der Waals surface area contributed by atoms with Gasteiger partial charge in [0.25, 0.3) is 0 Å². The van der Waals surface area contributed by atoms with Crippen LogP contribution in [0, 0.1) is 0 Å². The molecule has 0 aromatic rings. The highest BCUT2D eigenvalue weighted by Crippen LogP contribution is 2.27. The third-order valence-electron chi connectivity index (χ3n) is 3.76. The maximum absolute atomic E-state index is 9.25. The number of carbonyl (C=O) groups is 2. The predicted octanol–water partition coefficient (Wildman–Crippen LogP) is 4.13. The average Bonchev–Trinajstić information content (AvgIpc) is 2.62. The summed E-state index contributed by atoms with van der Waals surface area (Å²) in [5.74, 6) is -1.96. The van der Waals surface area contributed by atoms with Gasteiger partial charge in [-0.05, 0) is 77.3 Å². The first kappa shape index (κ1) is 36.7. The van der Waals surface area contributed by atoms with Crippen LogP contribution in [0.3, 0.4) is 0 Å². The van der Waals surface area contributed by atoms with Crippen molar-refractivity contribution in [2.75, 3.05) is 13.2 Å². The average molecular weight is 543 g/mol. The molecular weight excluding hydrogens is 497 g/mol. The molecule has 0 unspecified atom stereocenters. The van der Waals surface area contributed by atoms with Crippen molar-refractivity contribution in [2.24, 2.45) is 0 Å². The molecule has 0 spiro atoms. The minimum Gasteiger partial charge on any atom is -0.478 e. The molecule has 0 fully saturated rings. The van der Waals surface area contributed by atoms with Crippen molar-refractivity contribution < 1.29 is 42.4 Å². The van der Waals surface area contributed by atoms with Crippen molar-refractivity contribution in [1.82, 2.24) is 0 Å². The normalized spacial score (nSPS) is 11.9. The van der Waals surface area contributed by atoms with Crippen LogP contribution in [0.1, 0.15) is 12.8 Å². The molecular formula is C20H46O9Si4. The third-order valence-corrected chi connectivity index (χ3v) is 19.2. The first-order valence-corrected chi connectivity index (χ1v) is 22.7. The quantitative estimate of drug-likeness (QED) is 0.188. The van der Waals surface area contributed by atoms with E-state index in [1.807, 2.05) is 0 Å². The molecule has 0 aliphatic rings. The molecule has 13 heteroatoms. The van der Waals surface area contributed by atoms with Crippen LogP contribution in [0.5, 0.6) is 0 Å². The van der Waals surface area contributed by atoms with Crippen molar-refractivity contribution in [2.45, 2.75) is 77.3 Å². The number of rotatable bonds is 14. The number of aliphatic hydroxyl groups excluding tert-OH is 2. The summed E-state index contributed by atoms with van der Waals surface area (Å²) in [6, 6.07) is 1.89. The van der Waals surface area contributed by atoms with Crippen LogP contribution < -0.4 is 0 Å². The van der Waals surface area contributed by atoms with Gasteiger partial charge in [0.2, 0.25) is 0 Å². The van der Waals surface area contributed by atoms with Crippen molar-refractivity contribution in [3.8, 4) is 0 Å². The van der Waals surface area contributed by atoms with E-state index in [1.54, 1.807) is 0 Å². The number of aliphatic hydroxyl groups is 2. The highest BCUT2D eigenvalue weighted by molar-refractivity contribution is 6.89. The molecule has 9 nitrogen and oxygen atoms in total. The Labute approximate surface area is 203 Å². The maximum atomic E-state index is 9.25. The molecule has 0 atom stereocenters. The summed E-state index contributed by atoms with van der Waals surface area (Å²) in [7, 11) is -8.17. The molecule has 0 aromatic heterocycles. The summed E-state index contributed by atoms with van der Waals surface area (Å²) in [6.07, 6.45) is 3.25. The van der Waals surface area contributed by atoms with Gasteiger partial charge in [0.15, 0.2) is 16.6 Å². The first-order valence-electron chi connectivity index (χ1n) is 10.8. The fourth-order valence-corrected chi connectivity index (χ4v) is 22.4. The van der Waals surface area contributed by atoms with Crippen LogP contribution in [0.15, 0.2) is 25.3 Å². The van der Waals surface area contributed by atoms with Gasteiger partial charge in [-0.25, -0.2) is 9.59 Å². The van der Waals surface area contributed by atoms with Gasteiger partial charge in [0, 0.05) is 25.4 Å². The van der Waals surface area contributed by atoms with Crippen LogP contribution in [0.25, 0.3) is 0 Å². The van der Waals surface area contributed by atoms with Crippen LogP contribution in [-0.2, 0) is 21.9 Å². The lowest BCUT2D eigenvalue weighted by Gasteiger charge is -2.41. The minimum atomic E-state index is -2.27. The van der Waals surface area contributed by atoms with Crippen LogP contribution in [-0.4, -0.2) is 79.3 Å². The zero-order valence-corrected chi connectivity index (χ0v) is 25.6. The molecule has 33 heavy (non-hydrogen) atoms. The molecule has 0 aromatic carbocycles.